The van der Waals surface area contributed by atoms with Crippen molar-refractivity contribution in [2.45, 2.75) is 37.8 Å². The summed E-state index contributed by atoms with van der Waals surface area (Å²) in [7, 11) is 1.69. The number of aryl methyl sites for hydroxylation is 1. The number of likely N-dealkylation sites (tertiary alicyclic amines) is 1. The number of piperidine rings is 3. The lowest BCUT2D eigenvalue weighted by Crippen LogP contribution is -2.60. The van der Waals surface area contributed by atoms with Crippen LogP contribution in [-0.4, -0.2) is 64.8 Å². The topological polar surface area (TPSA) is 71.7 Å². The molecular weight excluding hydrogens is 344 g/mol. The number of fused-ring (bicyclic) bond motifs is 2. The number of benzene rings is 1. The largest absolute Gasteiger partial charge is 0.497 e. The van der Waals surface area contributed by atoms with Crippen LogP contribution in [0.2, 0.25) is 0 Å². The molecule has 27 heavy (non-hydrogen) atoms. The number of aromatic nitrogens is 2. The van der Waals surface area contributed by atoms with Gasteiger partial charge in [-0.05, 0) is 61.6 Å². The fourth-order valence-corrected chi connectivity index (χ4v) is 5.38. The molecule has 0 radical (unpaired) electrons. The molecule has 0 N–H and O–H groups in total. The molecular formula is C20H24N4O3. The SMILES string of the molecule is COc1cccc([C@@H]2CN(C(=O)c3nonc3C)[C@@H]3C4CCN(CC4)[C@@H]32)c1. The van der Waals surface area contributed by atoms with Crippen molar-refractivity contribution < 1.29 is 14.2 Å². The Bertz CT molecular complexity index is 858. The zero-order chi connectivity index (χ0) is 18.5. The van der Waals surface area contributed by atoms with Crippen molar-refractivity contribution in [1.82, 2.24) is 20.1 Å². The molecule has 0 aliphatic carbocycles. The van der Waals surface area contributed by atoms with Crippen LogP contribution in [0.15, 0.2) is 28.9 Å². The van der Waals surface area contributed by atoms with Crippen molar-refractivity contribution >= 4 is 5.91 Å². The number of carbonyl (C=O) groups excluding carboxylic acids is 1. The number of hydrogen-bond donors (Lipinski definition) is 0. The van der Waals surface area contributed by atoms with Crippen LogP contribution >= 0.6 is 0 Å². The summed E-state index contributed by atoms with van der Waals surface area (Å²) >= 11 is 0. The van der Waals surface area contributed by atoms with E-state index in [4.69, 9.17) is 9.37 Å². The minimum absolute atomic E-state index is 0.0529. The van der Waals surface area contributed by atoms with Gasteiger partial charge in [-0.2, -0.15) is 0 Å². The van der Waals surface area contributed by atoms with Gasteiger partial charge in [-0.25, -0.2) is 4.63 Å². The standard InChI is InChI=1S/C20H24N4O3/c1-12-17(22-27-21-12)20(25)24-11-16(14-4-3-5-15(10-14)26-2)19-18(24)13-6-8-23(19)9-7-13/h3-5,10,13,16,18-19H,6-9,11H2,1-2H3/t16-,18+,19+/m0/s1. The van der Waals surface area contributed by atoms with Gasteiger partial charge in [-0.3, -0.25) is 9.69 Å². The fraction of sp³-hybridized carbons (Fsp3) is 0.550. The van der Waals surface area contributed by atoms with Crippen molar-refractivity contribution in [3.05, 3.63) is 41.2 Å². The molecule has 1 aromatic heterocycles. The summed E-state index contributed by atoms with van der Waals surface area (Å²) in [6, 6.07) is 8.86. The maximum Gasteiger partial charge on any atom is 0.278 e. The van der Waals surface area contributed by atoms with Crippen LogP contribution in [0.4, 0.5) is 0 Å². The predicted octanol–water partition coefficient (Wildman–Crippen LogP) is 2.09. The van der Waals surface area contributed by atoms with Gasteiger partial charge in [0.15, 0.2) is 5.69 Å². The van der Waals surface area contributed by atoms with Crippen LogP contribution in [0.3, 0.4) is 0 Å². The first-order valence-corrected chi connectivity index (χ1v) is 9.65. The van der Waals surface area contributed by atoms with Crippen LogP contribution in [0.25, 0.3) is 0 Å². The molecule has 5 heterocycles. The highest BCUT2D eigenvalue weighted by molar-refractivity contribution is 5.93. The first-order valence-electron chi connectivity index (χ1n) is 9.65. The summed E-state index contributed by atoms with van der Waals surface area (Å²) in [6.45, 7) is 4.71. The summed E-state index contributed by atoms with van der Waals surface area (Å²) < 4.78 is 10.2. The molecule has 7 heteroatoms. The Labute approximate surface area is 158 Å². The quantitative estimate of drug-likeness (QED) is 0.826. The summed E-state index contributed by atoms with van der Waals surface area (Å²) in [4.78, 5) is 17.9. The number of ether oxygens (including phenoxy) is 1. The minimum Gasteiger partial charge on any atom is -0.497 e. The van der Waals surface area contributed by atoms with Gasteiger partial charge in [0, 0.05) is 18.5 Å². The highest BCUT2D eigenvalue weighted by Gasteiger charge is 2.55. The predicted molar refractivity (Wildman–Crippen MR) is 97.7 cm³/mol. The van der Waals surface area contributed by atoms with Gasteiger partial charge in [0.25, 0.3) is 5.91 Å². The third-order valence-electron chi connectivity index (χ3n) is 6.63. The fourth-order valence-electron chi connectivity index (χ4n) is 5.38. The number of methoxy groups -OCH3 is 1. The van der Waals surface area contributed by atoms with Crippen LogP contribution < -0.4 is 4.74 Å². The molecule has 2 bridgehead atoms. The molecule has 4 aliphatic rings. The summed E-state index contributed by atoms with van der Waals surface area (Å²) in [5, 5.41) is 7.67. The van der Waals surface area contributed by atoms with Gasteiger partial charge in [0.1, 0.15) is 11.4 Å². The lowest BCUT2D eigenvalue weighted by Gasteiger charge is -2.51. The van der Waals surface area contributed by atoms with Gasteiger partial charge in [-0.1, -0.05) is 17.3 Å². The number of amides is 1. The highest BCUT2D eigenvalue weighted by Crippen LogP contribution is 2.47. The Morgan fingerprint density at radius 1 is 1.22 bits per heavy atom. The minimum atomic E-state index is -0.0529. The first kappa shape index (κ1) is 16.7. The van der Waals surface area contributed by atoms with E-state index in [2.05, 4.69) is 27.3 Å². The second-order valence-electron chi connectivity index (χ2n) is 7.89. The van der Waals surface area contributed by atoms with Crippen LogP contribution in [-0.2, 0) is 0 Å². The maximum absolute atomic E-state index is 13.3. The van der Waals surface area contributed by atoms with Crippen molar-refractivity contribution in [2.24, 2.45) is 5.92 Å². The molecule has 2 aromatic rings. The van der Waals surface area contributed by atoms with Gasteiger partial charge in [0.05, 0.1) is 13.2 Å². The zero-order valence-electron chi connectivity index (χ0n) is 15.7. The highest BCUT2D eigenvalue weighted by atomic mass is 16.6. The first-order chi connectivity index (χ1) is 13.2. The van der Waals surface area contributed by atoms with E-state index in [1.54, 1.807) is 14.0 Å². The van der Waals surface area contributed by atoms with Gasteiger partial charge < -0.3 is 9.64 Å². The second-order valence-corrected chi connectivity index (χ2v) is 7.89. The Morgan fingerprint density at radius 2 is 2.04 bits per heavy atom. The van der Waals surface area contributed by atoms with E-state index in [1.807, 2.05) is 17.0 Å². The van der Waals surface area contributed by atoms with Gasteiger partial charge in [-0.15, -0.1) is 0 Å². The molecule has 4 saturated heterocycles. The molecule has 4 fully saturated rings. The summed E-state index contributed by atoms with van der Waals surface area (Å²) in [6.07, 6.45) is 2.32. The third-order valence-corrected chi connectivity index (χ3v) is 6.63. The van der Waals surface area contributed by atoms with Gasteiger partial charge in [0.2, 0.25) is 0 Å². The Morgan fingerprint density at radius 3 is 2.74 bits per heavy atom. The number of nitrogens with zero attached hydrogens (tertiary/aromatic N) is 4. The lowest BCUT2D eigenvalue weighted by molar-refractivity contribution is -0.00372. The number of carbonyl (C=O) groups is 1. The molecule has 142 valence electrons. The average molecular weight is 368 g/mol. The van der Waals surface area contributed by atoms with Crippen molar-refractivity contribution in [3.8, 4) is 5.75 Å². The Kier molecular flexibility index (Phi) is 3.93. The summed E-state index contributed by atoms with van der Waals surface area (Å²) in [5.74, 6) is 1.64. The van der Waals surface area contributed by atoms with E-state index in [1.165, 1.54) is 5.56 Å². The van der Waals surface area contributed by atoms with Crippen molar-refractivity contribution in [1.29, 1.82) is 0 Å². The molecule has 0 unspecified atom stereocenters. The second kappa shape index (κ2) is 6.34. The zero-order valence-corrected chi connectivity index (χ0v) is 15.7. The molecule has 4 aliphatic heterocycles. The number of rotatable bonds is 3. The smallest absolute Gasteiger partial charge is 0.278 e. The molecule has 3 atom stereocenters. The monoisotopic (exact) mass is 368 g/mol. The van der Waals surface area contributed by atoms with Crippen molar-refractivity contribution in [2.75, 3.05) is 26.7 Å². The Balaban J connectivity index is 1.54. The molecule has 0 saturated carbocycles. The number of hydrogen-bond acceptors (Lipinski definition) is 6. The van der Waals surface area contributed by atoms with Gasteiger partial charge >= 0.3 is 0 Å². The van der Waals surface area contributed by atoms with E-state index >= 15 is 0 Å². The van der Waals surface area contributed by atoms with Crippen molar-refractivity contribution in [3.63, 3.8) is 0 Å². The van der Waals surface area contributed by atoms with E-state index in [0.29, 0.717) is 29.9 Å². The molecule has 1 aromatic carbocycles. The molecule has 6 rings (SSSR count). The van der Waals surface area contributed by atoms with Crippen LogP contribution in [0, 0.1) is 12.8 Å². The van der Waals surface area contributed by atoms with E-state index in [0.717, 1.165) is 31.7 Å². The summed E-state index contributed by atoms with van der Waals surface area (Å²) in [5.41, 5.74) is 2.14. The maximum atomic E-state index is 13.3. The van der Waals surface area contributed by atoms with Crippen LogP contribution in [0.1, 0.15) is 40.5 Å². The molecule has 7 nitrogen and oxygen atoms in total. The normalized spacial score (nSPS) is 31.8. The Hall–Kier alpha value is -2.41. The molecule has 0 spiro atoms. The van der Waals surface area contributed by atoms with E-state index < -0.39 is 0 Å². The molecule has 1 amide bonds. The lowest BCUT2D eigenvalue weighted by atomic mass is 9.75. The average Bonchev–Trinajstić information content (AvgIpc) is 3.33. The van der Waals surface area contributed by atoms with Crippen LogP contribution in [0.5, 0.6) is 5.75 Å². The third kappa shape index (κ3) is 2.56. The van der Waals surface area contributed by atoms with E-state index in [-0.39, 0.29) is 17.9 Å². The van der Waals surface area contributed by atoms with E-state index in [9.17, 15) is 4.79 Å².